The molecule has 2 aromatic rings. The van der Waals surface area contributed by atoms with Gasteiger partial charge in [-0.25, -0.2) is 22.0 Å². The molecule has 0 bridgehead atoms. The molecule has 1 amide bonds. The summed E-state index contributed by atoms with van der Waals surface area (Å²) in [5.74, 6) is -10.8. The van der Waals surface area contributed by atoms with Crippen molar-refractivity contribution in [1.82, 2.24) is 0 Å². The van der Waals surface area contributed by atoms with E-state index in [-0.39, 0.29) is 36.9 Å². The Morgan fingerprint density at radius 3 is 1.81 bits per heavy atom. The van der Waals surface area contributed by atoms with Crippen LogP contribution in [0.3, 0.4) is 0 Å². The van der Waals surface area contributed by atoms with Crippen LogP contribution in [-0.4, -0.2) is 35.9 Å². The van der Waals surface area contributed by atoms with E-state index in [4.69, 9.17) is 46.4 Å². The molecule has 1 heterocycles. The summed E-state index contributed by atoms with van der Waals surface area (Å²) in [6, 6.07) is 4.50. The van der Waals surface area contributed by atoms with Crippen LogP contribution in [0.4, 0.5) is 39.0 Å². The zero-order valence-electron chi connectivity index (χ0n) is 15.3. The molecule has 0 radical (unpaired) electrons. The second kappa shape index (κ2) is 9.05. The van der Waals surface area contributed by atoms with Crippen molar-refractivity contribution in [2.24, 2.45) is 0 Å². The molecule has 0 spiro atoms. The summed E-state index contributed by atoms with van der Waals surface area (Å²) in [7, 11) is 0. The molecule has 0 aliphatic carbocycles. The first-order chi connectivity index (χ1) is 14.4. The third kappa shape index (κ3) is 4.89. The monoisotopic (exact) mass is 521 g/mol. The first-order valence-electron chi connectivity index (χ1n) is 8.61. The van der Waals surface area contributed by atoms with Crippen LogP contribution in [0.5, 0.6) is 0 Å². The van der Waals surface area contributed by atoms with Crippen LogP contribution in [0.15, 0.2) is 18.2 Å². The maximum atomic E-state index is 14.0. The Kier molecular flexibility index (Phi) is 7.00. The van der Waals surface area contributed by atoms with E-state index in [0.29, 0.717) is 5.69 Å². The summed E-state index contributed by atoms with van der Waals surface area (Å²) in [6.07, 6.45) is 0. The van der Waals surface area contributed by atoms with Crippen molar-refractivity contribution in [3.05, 3.63) is 52.3 Å². The number of piperazine rings is 1. The lowest BCUT2D eigenvalue weighted by Gasteiger charge is -2.38. The number of carbonyl (C=O) groups is 1. The molecule has 3 rings (SSSR count). The Bertz CT molecular complexity index is 997. The fourth-order valence-corrected chi connectivity index (χ4v) is 3.53. The molecule has 1 fully saturated rings. The Hall–Kier alpha value is -1.68. The van der Waals surface area contributed by atoms with Crippen molar-refractivity contribution in [2.75, 3.05) is 41.3 Å². The third-order valence-corrected chi connectivity index (χ3v) is 5.40. The number of hydrogen-bond donors (Lipinski definition) is 1. The highest BCUT2D eigenvalue weighted by Crippen LogP contribution is 2.34. The van der Waals surface area contributed by atoms with E-state index in [1.54, 1.807) is 11.0 Å². The van der Waals surface area contributed by atoms with Gasteiger partial charge in [0.05, 0.1) is 10.7 Å². The van der Waals surface area contributed by atoms with E-state index in [1.165, 1.54) is 12.1 Å². The summed E-state index contributed by atoms with van der Waals surface area (Å²) < 4.78 is 66.1. The molecular weight excluding hydrogens is 511 g/mol. The van der Waals surface area contributed by atoms with E-state index in [9.17, 15) is 26.7 Å². The molecule has 2 aromatic carbocycles. The number of nitrogens with one attached hydrogen (secondary N) is 1. The van der Waals surface area contributed by atoms with Crippen molar-refractivity contribution in [3.8, 4) is 0 Å². The Morgan fingerprint density at radius 2 is 1.32 bits per heavy atom. The topological polar surface area (TPSA) is 35.6 Å². The average molecular weight is 523 g/mol. The molecular formula is C18H12Cl4F5N3O. The highest BCUT2D eigenvalue weighted by Gasteiger charge is 2.32. The molecule has 1 aliphatic heterocycles. The molecule has 0 atom stereocenters. The lowest BCUT2D eigenvalue weighted by atomic mass is 10.2. The summed E-state index contributed by atoms with van der Waals surface area (Å²) in [5, 5.41) is 2.61. The highest BCUT2D eigenvalue weighted by molar-refractivity contribution is 6.76. The Labute approximate surface area is 193 Å². The molecule has 1 saturated heterocycles. The van der Waals surface area contributed by atoms with Gasteiger partial charge < -0.3 is 15.1 Å². The SMILES string of the molecule is O=C(Nc1ccc(N2CCN(c3c(F)c(F)c(F)c(F)c3F)CC2)c(Cl)c1)C(Cl)(Cl)Cl. The van der Waals surface area contributed by atoms with E-state index in [2.05, 4.69) is 5.32 Å². The number of nitrogens with zero attached hydrogens (tertiary/aromatic N) is 2. The zero-order chi connectivity index (χ0) is 23.1. The molecule has 0 unspecified atom stereocenters. The van der Waals surface area contributed by atoms with E-state index < -0.39 is 44.5 Å². The minimum Gasteiger partial charge on any atom is -0.367 e. The Morgan fingerprint density at radius 1 is 0.839 bits per heavy atom. The van der Waals surface area contributed by atoms with Gasteiger partial charge in [-0.2, -0.15) is 0 Å². The largest absolute Gasteiger partial charge is 0.367 e. The van der Waals surface area contributed by atoms with E-state index in [0.717, 1.165) is 4.90 Å². The molecule has 1 aliphatic rings. The number of carbonyl (C=O) groups excluding carboxylic acids is 1. The second-order valence-electron chi connectivity index (χ2n) is 6.51. The van der Waals surface area contributed by atoms with Crippen molar-refractivity contribution >= 4 is 69.4 Å². The van der Waals surface area contributed by atoms with Gasteiger partial charge in [-0.15, -0.1) is 0 Å². The highest BCUT2D eigenvalue weighted by atomic mass is 35.6. The normalized spacial score (nSPS) is 14.7. The maximum absolute atomic E-state index is 14.0. The lowest BCUT2D eigenvalue weighted by molar-refractivity contribution is -0.115. The average Bonchev–Trinajstić information content (AvgIpc) is 2.71. The van der Waals surface area contributed by atoms with Gasteiger partial charge in [0.25, 0.3) is 9.70 Å². The van der Waals surface area contributed by atoms with Crippen molar-refractivity contribution in [3.63, 3.8) is 0 Å². The minimum atomic E-state index is -2.20. The first kappa shape index (κ1) is 24.0. The number of hydrogen-bond acceptors (Lipinski definition) is 3. The van der Waals surface area contributed by atoms with Crippen LogP contribution in [0.25, 0.3) is 0 Å². The fraction of sp³-hybridized carbons (Fsp3) is 0.278. The predicted molar refractivity (Wildman–Crippen MR) is 111 cm³/mol. The van der Waals surface area contributed by atoms with Gasteiger partial charge in [-0.1, -0.05) is 46.4 Å². The second-order valence-corrected chi connectivity index (χ2v) is 9.20. The Balaban J connectivity index is 1.74. The zero-order valence-corrected chi connectivity index (χ0v) is 18.3. The maximum Gasteiger partial charge on any atom is 0.276 e. The van der Waals surface area contributed by atoms with Crippen LogP contribution >= 0.6 is 46.4 Å². The van der Waals surface area contributed by atoms with Gasteiger partial charge >= 0.3 is 0 Å². The van der Waals surface area contributed by atoms with Gasteiger partial charge in [0.2, 0.25) is 5.82 Å². The minimum absolute atomic E-state index is 0.0273. The molecule has 0 saturated carbocycles. The smallest absolute Gasteiger partial charge is 0.276 e. The van der Waals surface area contributed by atoms with E-state index >= 15 is 0 Å². The van der Waals surface area contributed by atoms with Crippen molar-refractivity contribution in [1.29, 1.82) is 0 Å². The predicted octanol–water partition coefficient (Wildman–Crippen LogP) is 5.67. The number of anilines is 3. The van der Waals surface area contributed by atoms with Gasteiger partial charge in [0.1, 0.15) is 5.69 Å². The van der Waals surface area contributed by atoms with Gasteiger partial charge in [0, 0.05) is 31.9 Å². The van der Waals surface area contributed by atoms with Gasteiger partial charge in [0.15, 0.2) is 23.3 Å². The third-order valence-electron chi connectivity index (χ3n) is 4.59. The number of rotatable bonds is 3. The van der Waals surface area contributed by atoms with Crippen LogP contribution in [0.1, 0.15) is 0 Å². The molecule has 31 heavy (non-hydrogen) atoms. The van der Waals surface area contributed by atoms with Gasteiger partial charge in [-0.3, -0.25) is 4.79 Å². The lowest BCUT2D eigenvalue weighted by Crippen LogP contribution is -2.47. The van der Waals surface area contributed by atoms with Crippen LogP contribution in [0.2, 0.25) is 5.02 Å². The number of amides is 1. The summed E-state index contributed by atoms with van der Waals surface area (Å²) in [6.45, 7) is 0.305. The van der Waals surface area contributed by atoms with Crippen molar-refractivity contribution in [2.45, 2.75) is 3.79 Å². The summed E-state index contributed by atoms with van der Waals surface area (Å²) >= 11 is 22.7. The standard InChI is InChI=1S/C18H12Cl4F5N3O/c19-9-7-8(28-17(31)18(20,21)22)1-2-10(9)29-3-5-30(6-4-29)16-14(26)12(24)11(23)13(25)15(16)27/h1-2,7H,3-6H2,(H,28,31). The molecule has 4 nitrogen and oxygen atoms in total. The number of halogens is 9. The quantitative estimate of drug-likeness (QED) is 0.244. The number of benzene rings is 2. The first-order valence-corrected chi connectivity index (χ1v) is 10.1. The summed E-state index contributed by atoms with van der Waals surface area (Å²) in [5.41, 5.74) is -0.164. The number of alkyl halides is 3. The van der Waals surface area contributed by atoms with Crippen LogP contribution < -0.4 is 15.1 Å². The fourth-order valence-electron chi connectivity index (χ4n) is 3.08. The van der Waals surface area contributed by atoms with Crippen LogP contribution in [0, 0.1) is 29.1 Å². The van der Waals surface area contributed by atoms with Gasteiger partial charge in [-0.05, 0) is 18.2 Å². The van der Waals surface area contributed by atoms with E-state index in [1.807, 2.05) is 0 Å². The van der Waals surface area contributed by atoms with Crippen LogP contribution in [-0.2, 0) is 4.79 Å². The van der Waals surface area contributed by atoms with Crippen molar-refractivity contribution < 1.29 is 26.7 Å². The molecule has 0 aromatic heterocycles. The molecule has 168 valence electrons. The molecule has 13 heteroatoms. The molecule has 1 N–H and O–H groups in total. The summed E-state index contributed by atoms with van der Waals surface area (Å²) in [4.78, 5) is 14.6.